The van der Waals surface area contributed by atoms with Crippen LogP contribution in [-0.2, 0) is 12.7 Å². The van der Waals surface area contributed by atoms with E-state index >= 15 is 0 Å². The molecule has 4 nitrogen and oxygen atoms in total. The Morgan fingerprint density at radius 2 is 1.88 bits per heavy atom. The first-order valence-corrected chi connectivity index (χ1v) is 7.23. The molecule has 1 N–H and O–H groups in total. The monoisotopic (exact) mass is 333 g/mol. The topological polar surface area (TPSA) is 46.4 Å². The van der Waals surface area contributed by atoms with Gasteiger partial charge in [0.1, 0.15) is 5.65 Å². The Balaban J connectivity index is 1.81. The van der Waals surface area contributed by atoms with Crippen LogP contribution in [0.5, 0.6) is 0 Å². The number of benzene rings is 1. The Morgan fingerprint density at radius 3 is 2.54 bits per heavy atom. The average Bonchev–Trinajstić information content (AvgIpc) is 2.53. The van der Waals surface area contributed by atoms with E-state index in [0.29, 0.717) is 17.0 Å². The molecule has 3 rings (SSSR count). The smallest absolute Gasteiger partial charge is 0.379 e. The van der Waals surface area contributed by atoms with Crippen LogP contribution in [0.2, 0.25) is 0 Å². The highest BCUT2D eigenvalue weighted by molar-refractivity contribution is 5.48. The van der Waals surface area contributed by atoms with E-state index in [-0.39, 0.29) is 12.1 Å². The van der Waals surface area contributed by atoms with Crippen LogP contribution in [0, 0.1) is 6.92 Å². The number of nitrogens with one attached hydrogen (secondary N) is 1. The minimum absolute atomic E-state index is 0.201. The van der Waals surface area contributed by atoms with Gasteiger partial charge in [-0.05, 0) is 42.8 Å². The molecule has 2 heterocycles. The lowest BCUT2D eigenvalue weighted by molar-refractivity contribution is -0.137. The summed E-state index contributed by atoms with van der Waals surface area (Å²) >= 11 is 0. The minimum atomic E-state index is -4.36. The first-order chi connectivity index (χ1) is 11.3. The molecule has 0 fully saturated rings. The third-order valence-electron chi connectivity index (χ3n) is 3.63. The van der Waals surface area contributed by atoms with E-state index in [4.69, 9.17) is 0 Å². The van der Waals surface area contributed by atoms with Gasteiger partial charge >= 0.3 is 6.18 Å². The Bertz CT molecular complexity index is 930. The van der Waals surface area contributed by atoms with E-state index in [1.54, 1.807) is 12.3 Å². The summed E-state index contributed by atoms with van der Waals surface area (Å²) in [6.45, 7) is 2.10. The van der Waals surface area contributed by atoms with Crippen molar-refractivity contribution in [3.05, 3.63) is 75.8 Å². The fourth-order valence-corrected chi connectivity index (χ4v) is 2.37. The van der Waals surface area contributed by atoms with E-state index < -0.39 is 11.7 Å². The predicted octanol–water partition coefficient (Wildman–Crippen LogP) is 3.63. The molecule has 0 aliphatic heterocycles. The third-order valence-corrected chi connectivity index (χ3v) is 3.63. The zero-order chi connectivity index (χ0) is 17.3. The van der Waals surface area contributed by atoms with Crippen LogP contribution in [0.1, 0.15) is 16.8 Å². The number of nitrogens with zero attached hydrogens (tertiary/aromatic N) is 2. The fraction of sp³-hybridized carbons (Fsp3) is 0.176. The third kappa shape index (κ3) is 3.24. The molecule has 0 aliphatic carbocycles. The quantitative estimate of drug-likeness (QED) is 0.796. The van der Waals surface area contributed by atoms with E-state index in [9.17, 15) is 18.0 Å². The van der Waals surface area contributed by atoms with Gasteiger partial charge in [0, 0.05) is 18.0 Å². The van der Waals surface area contributed by atoms with Crippen LogP contribution in [0.4, 0.5) is 18.9 Å². The van der Waals surface area contributed by atoms with Crippen LogP contribution in [0.3, 0.4) is 0 Å². The maximum absolute atomic E-state index is 12.5. The van der Waals surface area contributed by atoms with E-state index in [1.165, 1.54) is 22.6 Å². The van der Waals surface area contributed by atoms with E-state index in [1.807, 2.05) is 13.0 Å². The van der Waals surface area contributed by atoms with Gasteiger partial charge in [0.2, 0.25) is 0 Å². The molecule has 0 unspecified atom stereocenters. The lowest BCUT2D eigenvalue weighted by Crippen LogP contribution is -2.17. The highest BCUT2D eigenvalue weighted by atomic mass is 19.4. The maximum Gasteiger partial charge on any atom is 0.416 e. The molecule has 124 valence electrons. The molecule has 0 radical (unpaired) electrons. The van der Waals surface area contributed by atoms with Gasteiger partial charge in [0.25, 0.3) is 5.56 Å². The zero-order valence-electron chi connectivity index (χ0n) is 12.8. The van der Waals surface area contributed by atoms with Crippen molar-refractivity contribution in [1.82, 2.24) is 9.38 Å². The predicted molar refractivity (Wildman–Crippen MR) is 85.0 cm³/mol. The number of rotatable bonds is 3. The molecule has 24 heavy (non-hydrogen) atoms. The zero-order valence-corrected chi connectivity index (χ0v) is 12.8. The number of alkyl halides is 3. The van der Waals surface area contributed by atoms with Crippen LogP contribution < -0.4 is 10.9 Å². The van der Waals surface area contributed by atoms with Gasteiger partial charge in [-0.2, -0.15) is 13.2 Å². The van der Waals surface area contributed by atoms with Crippen LogP contribution in [-0.4, -0.2) is 9.38 Å². The SMILES string of the molecule is Cc1cccn2c(=O)cc(CNc3ccc(C(F)(F)F)cc3)nc12. The van der Waals surface area contributed by atoms with Crippen molar-refractivity contribution >= 4 is 11.3 Å². The van der Waals surface area contributed by atoms with Crippen molar-refractivity contribution in [3.63, 3.8) is 0 Å². The highest BCUT2D eigenvalue weighted by Gasteiger charge is 2.29. The van der Waals surface area contributed by atoms with Crippen LogP contribution in [0.15, 0.2) is 53.5 Å². The Morgan fingerprint density at radius 1 is 1.17 bits per heavy atom. The molecule has 0 spiro atoms. The second-order valence-electron chi connectivity index (χ2n) is 5.40. The number of halogens is 3. The van der Waals surface area contributed by atoms with Crippen molar-refractivity contribution < 1.29 is 13.2 Å². The molecule has 7 heteroatoms. The number of fused-ring (bicyclic) bond motifs is 1. The molecule has 0 atom stereocenters. The molecule has 0 aliphatic rings. The van der Waals surface area contributed by atoms with Crippen molar-refractivity contribution in [2.45, 2.75) is 19.6 Å². The summed E-state index contributed by atoms with van der Waals surface area (Å²) in [5, 5.41) is 2.97. The van der Waals surface area contributed by atoms with Crippen molar-refractivity contribution in [3.8, 4) is 0 Å². The number of aryl methyl sites for hydroxylation is 1. The number of anilines is 1. The minimum Gasteiger partial charge on any atom is -0.379 e. The summed E-state index contributed by atoms with van der Waals surface area (Å²) in [4.78, 5) is 16.5. The normalized spacial score (nSPS) is 11.7. The van der Waals surface area contributed by atoms with Crippen LogP contribution >= 0.6 is 0 Å². The van der Waals surface area contributed by atoms with Gasteiger partial charge in [0.15, 0.2) is 0 Å². The Labute approximate surface area is 135 Å². The highest BCUT2D eigenvalue weighted by Crippen LogP contribution is 2.29. The standard InChI is InChI=1S/C17H14F3N3O/c1-11-3-2-8-23-15(24)9-14(22-16(11)23)10-21-13-6-4-12(5-7-13)17(18,19)20/h2-9,21H,10H2,1H3. The van der Waals surface area contributed by atoms with E-state index in [0.717, 1.165) is 17.7 Å². The first-order valence-electron chi connectivity index (χ1n) is 7.23. The summed E-state index contributed by atoms with van der Waals surface area (Å²) in [7, 11) is 0. The second kappa shape index (κ2) is 5.99. The maximum atomic E-state index is 12.5. The Kier molecular flexibility index (Phi) is 4.01. The molecule has 0 bridgehead atoms. The van der Waals surface area contributed by atoms with E-state index in [2.05, 4.69) is 10.3 Å². The van der Waals surface area contributed by atoms with Gasteiger partial charge in [-0.25, -0.2) is 4.98 Å². The molecule has 2 aromatic heterocycles. The van der Waals surface area contributed by atoms with Gasteiger partial charge < -0.3 is 5.32 Å². The number of aromatic nitrogens is 2. The molecular weight excluding hydrogens is 319 g/mol. The average molecular weight is 333 g/mol. The van der Waals surface area contributed by atoms with Crippen molar-refractivity contribution in [1.29, 1.82) is 0 Å². The van der Waals surface area contributed by atoms with Crippen molar-refractivity contribution in [2.24, 2.45) is 0 Å². The molecule has 1 aromatic carbocycles. The molecule has 3 aromatic rings. The van der Waals surface area contributed by atoms with Gasteiger partial charge in [-0.15, -0.1) is 0 Å². The fourth-order valence-electron chi connectivity index (χ4n) is 2.37. The summed E-state index contributed by atoms with van der Waals surface area (Å²) in [5.41, 5.74) is 1.57. The van der Waals surface area contributed by atoms with Gasteiger partial charge in [-0.1, -0.05) is 6.07 Å². The van der Waals surface area contributed by atoms with Gasteiger partial charge in [-0.3, -0.25) is 9.20 Å². The largest absolute Gasteiger partial charge is 0.416 e. The summed E-state index contributed by atoms with van der Waals surface area (Å²) in [6.07, 6.45) is -2.71. The first kappa shape index (κ1) is 16.0. The number of hydrogen-bond acceptors (Lipinski definition) is 3. The summed E-state index contributed by atoms with van der Waals surface area (Å²) in [5.74, 6) is 0. The lowest BCUT2D eigenvalue weighted by atomic mass is 10.2. The molecule has 0 saturated heterocycles. The van der Waals surface area contributed by atoms with Crippen molar-refractivity contribution in [2.75, 3.05) is 5.32 Å². The number of hydrogen-bond donors (Lipinski definition) is 1. The molecule has 0 saturated carbocycles. The number of pyridine rings is 1. The summed E-state index contributed by atoms with van der Waals surface area (Å²) < 4.78 is 39.1. The molecular formula is C17H14F3N3O. The molecule has 0 amide bonds. The second-order valence-corrected chi connectivity index (χ2v) is 5.40. The summed E-state index contributed by atoms with van der Waals surface area (Å²) in [6, 6.07) is 9.75. The lowest BCUT2D eigenvalue weighted by Gasteiger charge is -2.10. The Hall–Kier alpha value is -2.83. The van der Waals surface area contributed by atoms with Gasteiger partial charge in [0.05, 0.1) is 17.8 Å². The van der Waals surface area contributed by atoms with Crippen LogP contribution in [0.25, 0.3) is 5.65 Å².